The lowest BCUT2D eigenvalue weighted by molar-refractivity contribution is -0.149. The Morgan fingerprint density at radius 2 is 1.86 bits per heavy atom. The number of likely N-dealkylation sites (N-methyl/N-ethyl adjacent to an activating group) is 1. The fourth-order valence-electron chi connectivity index (χ4n) is 3.42. The van der Waals surface area contributed by atoms with Gasteiger partial charge in [0.05, 0.1) is 0 Å². The van der Waals surface area contributed by atoms with Crippen LogP contribution in [0.2, 0.25) is 0 Å². The van der Waals surface area contributed by atoms with Crippen molar-refractivity contribution in [2.75, 3.05) is 33.2 Å². The first kappa shape index (κ1) is 16.8. The quantitative estimate of drug-likeness (QED) is 0.768. The standard InChI is InChI=1S/C16H27N3O3/c1-4-18(5-2)16(22)13-7-6-9-19(13)15(21)12-8-10-17(3)14(20)11-12/h12-13H,4-11H2,1-3H3. The van der Waals surface area contributed by atoms with Gasteiger partial charge >= 0.3 is 0 Å². The summed E-state index contributed by atoms with van der Waals surface area (Å²) in [6, 6.07) is -0.331. The summed E-state index contributed by atoms with van der Waals surface area (Å²) in [6.45, 7) is 6.51. The maximum atomic E-state index is 12.8. The number of rotatable bonds is 4. The van der Waals surface area contributed by atoms with Crippen molar-refractivity contribution in [3.63, 3.8) is 0 Å². The minimum atomic E-state index is -0.331. The van der Waals surface area contributed by atoms with Crippen LogP contribution in [0.4, 0.5) is 0 Å². The Hall–Kier alpha value is -1.59. The molecule has 0 aromatic carbocycles. The van der Waals surface area contributed by atoms with E-state index in [-0.39, 0.29) is 36.1 Å². The van der Waals surface area contributed by atoms with Gasteiger partial charge in [-0.2, -0.15) is 0 Å². The Balaban J connectivity index is 2.05. The normalized spacial score (nSPS) is 25.5. The van der Waals surface area contributed by atoms with Crippen LogP contribution in [0.3, 0.4) is 0 Å². The van der Waals surface area contributed by atoms with E-state index in [1.54, 1.807) is 21.7 Å². The highest BCUT2D eigenvalue weighted by Crippen LogP contribution is 2.26. The first-order chi connectivity index (χ1) is 10.5. The zero-order valence-electron chi connectivity index (χ0n) is 13.9. The van der Waals surface area contributed by atoms with E-state index >= 15 is 0 Å². The van der Waals surface area contributed by atoms with Crippen LogP contribution in [0, 0.1) is 5.92 Å². The van der Waals surface area contributed by atoms with Crippen molar-refractivity contribution in [3.05, 3.63) is 0 Å². The third-order valence-corrected chi connectivity index (χ3v) is 4.91. The second-order valence-electron chi connectivity index (χ2n) is 6.21. The van der Waals surface area contributed by atoms with Crippen molar-refractivity contribution in [2.45, 2.75) is 45.6 Å². The lowest BCUT2D eigenvalue weighted by atomic mass is 9.94. The summed E-state index contributed by atoms with van der Waals surface area (Å²) in [6.07, 6.45) is 2.58. The molecule has 6 heteroatoms. The highest BCUT2D eigenvalue weighted by atomic mass is 16.2. The fourth-order valence-corrected chi connectivity index (χ4v) is 3.42. The summed E-state index contributed by atoms with van der Waals surface area (Å²) >= 11 is 0. The molecular formula is C16H27N3O3. The molecule has 22 heavy (non-hydrogen) atoms. The summed E-state index contributed by atoms with van der Waals surface area (Å²) < 4.78 is 0. The zero-order valence-corrected chi connectivity index (χ0v) is 13.9. The highest BCUT2D eigenvalue weighted by Gasteiger charge is 2.40. The Labute approximate surface area is 132 Å². The molecule has 2 saturated heterocycles. The van der Waals surface area contributed by atoms with Crippen molar-refractivity contribution in [2.24, 2.45) is 5.92 Å². The number of carbonyl (C=O) groups excluding carboxylic acids is 3. The number of likely N-dealkylation sites (tertiary alicyclic amines) is 2. The summed E-state index contributed by atoms with van der Waals surface area (Å²) in [4.78, 5) is 42.3. The van der Waals surface area contributed by atoms with Gasteiger partial charge in [0, 0.05) is 45.6 Å². The molecule has 124 valence electrons. The molecule has 2 aliphatic heterocycles. The largest absolute Gasteiger partial charge is 0.346 e. The SMILES string of the molecule is CCN(CC)C(=O)C1CCCN1C(=O)C1CCN(C)C(=O)C1. The molecule has 0 spiro atoms. The van der Waals surface area contributed by atoms with Gasteiger partial charge < -0.3 is 14.7 Å². The number of amides is 3. The van der Waals surface area contributed by atoms with E-state index < -0.39 is 0 Å². The molecule has 2 unspecified atom stereocenters. The average molecular weight is 309 g/mol. The first-order valence-electron chi connectivity index (χ1n) is 8.32. The lowest BCUT2D eigenvalue weighted by Gasteiger charge is -2.34. The smallest absolute Gasteiger partial charge is 0.245 e. The van der Waals surface area contributed by atoms with Gasteiger partial charge in [-0.05, 0) is 33.1 Å². The summed E-state index contributed by atoms with van der Waals surface area (Å²) in [5.74, 6) is -0.191. The number of carbonyl (C=O) groups is 3. The second kappa shape index (κ2) is 7.11. The van der Waals surface area contributed by atoms with Crippen LogP contribution in [0.25, 0.3) is 0 Å². The van der Waals surface area contributed by atoms with Crippen LogP contribution in [-0.2, 0) is 14.4 Å². The van der Waals surface area contributed by atoms with Crippen molar-refractivity contribution in [1.82, 2.24) is 14.7 Å². The average Bonchev–Trinajstić information content (AvgIpc) is 2.99. The van der Waals surface area contributed by atoms with Crippen molar-refractivity contribution in [1.29, 1.82) is 0 Å². The molecule has 2 heterocycles. The molecule has 0 N–H and O–H groups in total. The minimum Gasteiger partial charge on any atom is -0.346 e. The van der Waals surface area contributed by atoms with E-state index in [1.807, 2.05) is 13.8 Å². The molecule has 2 fully saturated rings. The molecule has 6 nitrogen and oxygen atoms in total. The van der Waals surface area contributed by atoms with Gasteiger partial charge in [-0.25, -0.2) is 0 Å². The molecule has 0 saturated carbocycles. The molecule has 0 aliphatic carbocycles. The van der Waals surface area contributed by atoms with Gasteiger partial charge in [0.2, 0.25) is 17.7 Å². The first-order valence-corrected chi connectivity index (χ1v) is 8.32. The van der Waals surface area contributed by atoms with Crippen LogP contribution in [-0.4, -0.2) is 71.7 Å². The van der Waals surface area contributed by atoms with Crippen LogP contribution in [0.15, 0.2) is 0 Å². The van der Waals surface area contributed by atoms with E-state index in [2.05, 4.69) is 0 Å². The van der Waals surface area contributed by atoms with Crippen LogP contribution in [0.1, 0.15) is 39.5 Å². The monoisotopic (exact) mass is 309 g/mol. The van der Waals surface area contributed by atoms with Crippen molar-refractivity contribution in [3.8, 4) is 0 Å². The second-order valence-corrected chi connectivity index (χ2v) is 6.21. The minimum absolute atomic E-state index is 0.00976. The number of hydrogen-bond donors (Lipinski definition) is 0. The van der Waals surface area contributed by atoms with E-state index in [9.17, 15) is 14.4 Å². The predicted molar refractivity (Wildman–Crippen MR) is 83.0 cm³/mol. The molecule has 0 aromatic rings. The van der Waals surface area contributed by atoms with Gasteiger partial charge in [-0.1, -0.05) is 0 Å². The molecule has 2 atom stereocenters. The fraction of sp³-hybridized carbons (Fsp3) is 0.812. The highest BCUT2D eigenvalue weighted by molar-refractivity contribution is 5.91. The van der Waals surface area contributed by atoms with Crippen LogP contribution in [0.5, 0.6) is 0 Å². The summed E-state index contributed by atoms with van der Waals surface area (Å²) in [5.41, 5.74) is 0. The van der Waals surface area contributed by atoms with Crippen molar-refractivity contribution < 1.29 is 14.4 Å². The number of hydrogen-bond acceptors (Lipinski definition) is 3. The van der Waals surface area contributed by atoms with Gasteiger partial charge in [-0.3, -0.25) is 14.4 Å². The van der Waals surface area contributed by atoms with E-state index in [1.165, 1.54) is 0 Å². The summed E-state index contributed by atoms with van der Waals surface area (Å²) in [5, 5.41) is 0. The Morgan fingerprint density at radius 1 is 1.18 bits per heavy atom. The van der Waals surface area contributed by atoms with Crippen molar-refractivity contribution >= 4 is 17.7 Å². The van der Waals surface area contributed by atoms with Gasteiger partial charge in [0.15, 0.2) is 0 Å². The zero-order chi connectivity index (χ0) is 16.3. The van der Waals surface area contributed by atoms with E-state index in [0.29, 0.717) is 32.6 Å². The molecule has 3 amide bonds. The Bertz CT molecular complexity index is 448. The topological polar surface area (TPSA) is 60.9 Å². The molecule has 0 bridgehead atoms. The predicted octanol–water partition coefficient (Wildman–Crippen LogP) is 0.714. The molecule has 0 aromatic heterocycles. The molecular weight excluding hydrogens is 282 g/mol. The van der Waals surface area contributed by atoms with Gasteiger partial charge in [0.25, 0.3) is 0 Å². The molecule has 2 rings (SSSR count). The third kappa shape index (κ3) is 3.25. The number of piperidine rings is 1. The van der Waals surface area contributed by atoms with Gasteiger partial charge in [0.1, 0.15) is 6.04 Å². The molecule has 2 aliphatic rings. The Morgan fingerprint density at radius 3 is 2.45 bits per heavy atom. The number of nitrogens with zero attached hydrogens (tertiary/aromatic N) is 3. The third-order valence-electron chi connectivity index (χ3n) is 4.91. The van der Waals surface area contributed by atoms with Crippen LogP contribution >= 0.6 is 0 Å². The maximum Gasteiger partial charge on any atom is 0.245 e. The van der Waals surface area contributed by atoms with E-state index in [0.717, 1.165) is 12.8 Å². The van der Waals surface area contributed by atoms with Crippen LogP contribution < -0.4 is 0 Å². The summed E-state index contributed by atoms with van der Waals surface area (Å²) in [7, 11) is 1.77. The lowest BCUT2D eigenvalue weighted by Crippen LogP contribution is -2.51. The van der Waals surface area contributed by atoms with E-state index in [4.69, 9.17) is 0 Å². The molecule has 0 radical (unpaired) electrons. The Kier molecular flexibility index (Phi) is 5.42. The van der Waals surface area contributed by atoms with Gasteiger partial charge in [-0.15, -0.1) is 0 Å². The maximum absolute atomic E-state index is 12.8.